The third-order valence-electron chi connectivity index (χ3n) is 3.10. The minimum Gasteiger partial charge on any atom is -0.323 e. The maximum absolute atomic E-state index is 13.5. The number of amides is 1. The van der Waals surface area contributed by atoms with Crippen LogP contribution >= 0.6 is 0 Å². The fourth-order valence-electron chi connectivity index (χ4n) is 1.88. The Labute approximate surface area is 122 Å². The van der Waals surface area contributed by atoms with Crippen LogP contribution in [0.3, 0.4) is 0 Å². The van der Waals surface area contributed by atoms with Crippen LogP contribution in [-0.4, -0.2) is 5.91 Å². The van der Waals surface area contributed by atoms with Crippen LogP contribution < -0.4 is 11.1 Å². The Kier molecular flexibility index (Phi) is 4.31. The van der Waals surface area contributed by atoms with E-state index in [0.29, 0.717) is 5.56 Å². The first-order valence-corrected chi connectivity index (χ1v) is 6.34. The van der Waals surface area contributed by atoms with Gasteiger partial charge in [0.25, 0.3) is 0 Å². The molecule has 4 nitrogen and oxygen atoms in total. The quantitative estimate of drug-likeness (QED) is 0.908. The van der Waals surface area contributed by atoms with Gasteiger partial charge >= 0.3 is 0 Å². The Morgan fingerprint density at radius 2 is 1.95 bits per heavy atom. The van der Waals surface area contributed by atoms with Crippen LogP contribution in [0, 0.1) is 24.1 Å². The van der Waals surface area contributed by atoms with E-state index in [1.807, 2.05) is 19.1 Å². The van der Waals surface area contributed by atoms with Crippen molar-refractivity contribution in [3.8, 4) is 6.07 Å². The van der Waals surface area contributed by atoms with E-state index < -0.39 is 17.8 Å². The number of halogens is 1. The van der Waals surface area contributed by atoms with Crippen molar-refractivity contribution >= 4 is 11.6 Å². The van der Waals surface area contributed by atoms with Gasteiger partial charge in [-0.2, -0.15) is 5.26 Å². The predicted octanol–water partition coefficient (Wildman–Crippen LogP) is 2.64. The highest BCUT2D eigenvalue weighted by Gasteiger charge is 2.18. The zero-order valence-electron chi connectivity index (χ0n) is 11.4. The number of anilines is 1. The number of carbonyl (C=O) groups excluding carboxylic acids is 1. The van der Waals surface area contributed by atoms with Crippen molar-refractivity contribution in [3.63, 3.8) is 0 Å². The van der Waals surface area contributed by atoms with E-state index in [0.717, 1.165) is 11.6 Å². The number of hydrogen-bond acceptors (Lipinski definition) is 3. The van der Waals surface area contributed by atoms with Crippen LogP contribution in [0.15, 0.2) is 42.5 Å². The van der Waals surface area contributed by atoms with Crippen LogP contribution in [-0.2, 0) is 4.79 Å². The molecule has 0 fully saturated rings. The molecule has 0 saturated carbocycles. The molecule has 0 bridgehead atoms. The van der Waals surface area contributed by atoms with Crippen molar-refractivity contribution in [3.05, 3.63) is 65.0 Å². The summed E-state index contributed by atoms with van der Waals surface area (Å²) in [7, 11) is 0. The smallest absolute Gasteiger partial charge is 0.245 e. The standard InChI is InChI=1S/C16H14FN3O/c1-10-5-7-11(8-6-10)15(19)16(21)20-14-4-2-3-13(17)12(14)9-18/h2-8,15H,19H2,1H3,(H,20,21). The minimum atomic E-state index is -0.889. The third-order valence-corrected chi connectivity index (χ3v) is 3.10. The molecular formula is C16H14FN3O. The van der Waals surface area contributed by atoms with E-state index in [4.69, 9.17) is 11.0 Å². The first-order valence-electron chi connectivity index (χ1n) is 6.34. The highest BCUT2D eigenvalue weighted by atomic mass is 19.1. The first kappa shape index (κ1) is 14.7. The maximum atomic E-state index is 13.5. The zero-order valence-corrected chi connectivity index (χ0v) is 11.4. The molecule has 21 heavy (non-hydrogen) atoms. The number of aryl methyl sites for hydroxylation is 1. The largest absolute Gasteiger partial charge is 0.323 e. The number of nitrogens with zero attached hydrogens (tertiary/aromatic N) is 1. The molecule has 5 heteroatoms. The fourth-order valence-corrected chi connectivity index (χ4v) is 1.88. The van der Waals surface area contributed by atoms with Crippen molar-refractivity contribution in [2.24, 2.45) is 5.73 Å². The van der Waals surface area contributed by atoms with Crippen molar-refractivity contribution in [2.75, 3.05) is 5.32 Å². The monoisotopic (exact) mass is 283 g/mol. The number of benzene rings is 2. The summed E-state index contributed by atoms with van der Waals surface area (Å²) < 4.78 is 13.5. The lowest BCUT2D eigenvalue weighted by atomic mass is 10.0. The zero-order chi connectivity index (χ0) is 15.4. The summed E-state index contributed by atoms with van der Waals surface area (Å²) in [6.45, 7) is 1.93. The molecule has 0 heterocycles. The van der Waals surface area contributed by atoms with Gasteiger partial charge in [0.1, 0.15) is 23.5 Å². The van der Waals surface area contributed by atoms with E-state index in [-0.39, 0.29) is 11.3 Å². The van der Waals surface area contributed by atoms with E-state index >= 15 is 0 Å². The minimum absolute atomic E-state index is 0.116. The van der Waals surface area contributed by atoms with Gasteiger partial charge in [-0.15, -0.1) is 0 Å². The summed E-state index contributed by atoms with van der Waals surface area (Å²) >= 11 is 0. The Morgan fingerprint density at radius 1 is 1.29 bits per heavy atom. The summed E-state index contributed by atoms with van der Waals surface area (Å²) in [5.41, 5.74) is 7.49. The molecule has 1 amide bonds. The van der Waals surface area contributed by atoms with E-state index in [1.165, 1.54) is 12.1 Å². The molecule has 0 aromatic heterocycles. The number of hydrogen-bond donors (Lipinski definition) is 2. The summed E-state index contributed by atoms with van der Waals surface area (Å²) in [4.78, 5) is 12.1. The molecule has 2 aromatic carbocycles. The highest BCUT2D eigenvalue weighted by Crippen LogP contribution is 2.20. The molecule has 1 atom stereocenters. The molecular weight excluding hydrogens is 269 g/mol. The van der Waals surface area contributed by atoms with Gasteiger partial charge in [0.05, 0.1) is 5.69 Å². The number of nitriles is 1. The summed E-state index contributed by atoms with van der Waals surface area (Å²) in [6.07, 6.45) is 0. The van der Waals surface area contributed by atoms with Gasteiger partial charge in [0, 0.05) is 0 Å². The summed E-state index contributed by atoms with van der Waals surface area (Å²) in [5.74, 6) is -1.18. The van der Waals surface area contributed by atoms with Crippen LogP contribution in [0.1, 0.15) is 22.7 Å². The molecule has 2 aromatic rings. The molecule has 0 aliphatic heterocycles. The van der Waals surface area contributed by atoms with Gasteiger partial charge in [-0.3, -0.25) is 4.79 Å². The average Bonchev–Trinajstić information content (AvgIpc) is 2.47. The maximum Gasteiger partial charge on any atom is 0.245 e. The molecule has 0 radical (unpaired) electrons. The van der Waals surface area contributed by atoms with Gasteiger partial charge in [-0.25, -0.2) is 4.39 Å². The molecule has 3 N–H and O–H groups in total. The van der Waals surface area contributed by atoms with Crippen molar-refractivity contribution < 1.29 is 9.18 Å². The normalized spacial score (nSPS) is 11.5. The van der Waals surface area contributed by atoms with Gasteiger partial charge in [0.15, 0.2) is 0 Å². The third kappa shape index (κ3) is 3.25. The summed E-state index contributed by atoms with van der Waals surface area (Å²) in [6, 6.07) is 12.1. The molecule has 0 aliphatic rings. The van der Waals surface area contributed by atoms with Gasteiger partial charge < -0.3 is 11.1 Å². The molecule has 106 valence electrons. The number of nitrogens with one attached hydrogen (secondary N) is 1. The molecule has 1 unspecified atom stereocenters. The molecule has 0 aliphatic carbocycles. The molecule has 0 spiro atoms. The Hall–Kier alpha value is -2.71. The number of carbonyl (C=O) groups is 1. The second kappa shape index (κ2) is 6.16. The van der Waals surface area contributed by atoms with Gasteiger partial charge in [-0.05, 0) is 24.6 Å². The van der Waals surface area contributed by atoms with Gasteiger partial charge in [-0.1, -0.05) is 35.9 Å². The second-order valence-electron chi connectivity index (χ2n) is 4.65. The second-order valence-corrected chi connectivity index (χ2v) is 4.65. The van der Waals surface area contributed by atoms with E-state index in [1.54, 1.807) is 18.2 Å². The number of rotatable bonds is 3. The van der Waals surface area contributed by atoms with Crippen molar-refractivity contribution in [1.82, 2.24) is 0 Å². The van der Waals surface area contributed by atoms with E-state index in [2.05, 4.69) is 5.32 Å². The number of nitrogens with two attached hydrogens (primary N) is 1. The SMILES string of the molecule is Cc1ccc(C(N)C(=O)Nc2cccc(F)c2C#N)cc1. The highest BCUT2D eigenvalue weighted by molar-refractivity contribution is 5.96. The van der Waals surface area contributed by atoms with Crippen molar-refractivity contribution in [1.29, 1.82) is 5.26 Å². The Balaban J connectivity index is 2.20. The van der Waals surface area contributed by atoms with Crippen LogP contribution in [0.25, 0.3) is 0 Å². The van der Waals surface area contributed by atoms with E-state index in [9.17, 15) is 9.18 Å². The topological polar surface area (TPSA) is 78.9 Å². The average molecular weight is 283 g/mol. The lowest BCUT2D eigenvalue weighted by molar-refractivity contribution is -0.117. The molecule has 0 saturated heterocycles. The fraction of sp³-hybridized carbons (Fsp3) is 0.125. The predicted molar refractivity (Wildman–Crippen MR) is 77.9 cm³/mol. The van der Waals surface area contributed by atoms with Gasteiger partial charge in [0.2, 0.25) is 5.91 Å². The lowest BCUT2D eigenvalue weighted by Gasteiger charge is -2.13. The summed E-state index contributed by atoms with van der Waals surface area (Å²) in [5, 5.41) is 11.4. The first-order chi connectivity index (χ1) is 10.0. The van der Waals surface area contributed by atoms with Crippen molar-refractivity contribution in [2.45, 2.75) is 13.0 Å². The van der Waals surface area contributed by atoms with Crippen LogP contribution in [0.4, 0.5) is 10.1 Å². The lowest BCUT2D eigenvalue weighted by Crippen LogP contribution is -2.28. The molecule has 2 rings (SSSR count). The van der Waals surface area contributed by atoms with Crippen LogP contribution in [0.5, 0.6) is 0 Å². The van der Waals surface area contributed by atoms with Crippen LogP contribution in [0.2, 0.25) is 0 Å². The Bertz CT molecular complexity index is 704. The Morgan fingerprint density at radius 3 is 2.57 bits per heavy atom.